The van der Waals surface area contributed by atoms with E-state index < -0.39 is 20.7 Å². The molecule has 3 rings (SSSR count). The first kappa shape index (κ1) is 24.6. The first-order valence-corrected chi connectivity index (χ1v) is 14.7. The predicted molar refractivity (Wildman–Crippen MR) is 128 cm³/mol. The lowest BCUT2D eigenvalue weighted by atomic mass is 10.1. The molecule has 8 nitrogen and oxygen atoms in total. The monoisotopic (exact) mass is 476 g/mol. The fourth-order valence-corrected chi connectivity index (χ4v) is 5.60. The molecule has 1 unspecified atom stereocenters. The van der Waals surface area contributed by atoms with Gasteiger partial charge in [-0.05, 0) is 26.0 Å². The van der Waals surface area contributed by atoms with Gasteiger partial charge in [0.2, 0.25) is 0 Å². The molecule has 2 N–H and O–H groups in total. The summed E-state index contributed by atoms with van der Waals surface area (Å²) >= 11 is 0. The molecule has 0 radical (unpaired) electrons. The average Bonchev–Trinajstić information content (AvgIpc) is 3.19. The zero-order valence-corrected chi connectivity index (χ0v) is 20.6. The van der Waals surface area contributed by atoms with Crippen LogP contribution >= 0.6 is 14.9 Å². The van der Waals surface area contributed by atoms with Crippen LogP contribution in [0.15, 0.2) is 66.9 Å². The van der Waals surface area contributed by atoms with Gasteiger partial charge in [-0.25, -0.2) is 15.3 Å². The van der Waals surface area contributed by atoms with Crippen LogP contribution in [0.1, 0.15) is 25.2 Å². The van der Waals surface area contributed by atoms with E-state index in [4.69, 9.17) is 14.1 Å². The number of aromatic nitrogens is 2. The number of hydrogen-bond acceptors (Lipinski definition) is 6. The maximum absolute atomic E-state index is 13.9. The van der Waals surface area contributed by atoms with Gasteiger partial charge >= 0.3 is 7.60 Å². The van der Waals surface area contributed by atoms with Crippen molar-refractivity contribution in [2.75, 3.05) is 26.5 Å². The highest BCUT2D eigenvalue weighted by atomic mass is 31.2. The van der Waals surface area contributed by atoms with Crippen LogP contribution in [0.5, 0.6) is 0 Å². The van der Waals surface area contributed by atoms with Gasteiger partial charge in [-0.15, -0.1) is 0 Å². The molecule has 0 aliphatic heterocycles. The van der Waals surface area contributed by atoms with Crippen molar-refractivity contribution in [2.45, 2.75) is 19.6 Å². The Morgan fingerprint density at radius 2 is 1.50 bits per heavy atom. The molecule has 1 atom stereocenters. The normalized spacial score (nSPS) is 13.2. The maximum atomic E-state index is 13.9. The summed E-state index contributed by atoms with van der Waals surface area (Å²) in [5.74, 6) is -0.941. The Hall–Kier alpha value is -2.05. The van der Waals surface area contributed by atoms with Gasteiger partial charge in [0, 0.05) is 30.7 Å². The number of nitrogens with one attached hydrogen (secondary N) is 2. The first-order chi connectivity index (χ1) is 15.3. The number of benzene rings is 2. The number of nitrogens with zero attached hydrogens (tertiary/aromatic N) is 2. The number of para-hydroxylation sites is 1. The molecule has 0 aliphatic rings. The molecule has 0 fully saturated rings. The average molecular weight is 476 g/mol. The molecule has 0 spiro atoms. The van der Waals surface area contributed by atoms with Crippen LogP contribution in [0.25, 0.3) is 16.9 Å². The van der Waals surface area contributed by atoms with E-state index in [1.165, 1.54) is 0 Å². The van der Waals surface area contributed by atoms with E-state index in [2.05, 4.69) is 10.6 Å². The van der Waals surface area contributed by atoms with Gasteiger partial charge in [-0.3, -0.25) is 4.57 Å². The highest BCUT2D eigenvalue weighted by Crippen LogP contribution is 2.60. The van der Waals surface area contributed by atoms with E-state index in [1.807, 2.05) is 60.7 Å². The van der Waals surface area contributed by atoms with Crippen molar-refractivity contribution in [3.05, 3.63) is 72.4 Å². The molecular formula is C22H30N4O4P2. The number of hydrogen-bond donors (Lipinski definition) is 2. The Morgan fingerprint density at radius 1 is 0.938 bits per heavy atom. The molecule has 172 valence electrons. The Morgan fingerprint density at radius 3 is 2.03 bits per heavy atom. The van der Waals surface area contributed by atoms with Gasteiger partial charge < -0.3 is 13.6 Å². The van der Waals surface area contributed by atoms with Gasteiger partial charge in [0.25, 0.3) is 0 Å². The smallest absolute Gasteiger partial charge is 0.308 e. The van der Waals surface area contributed by atoms with E-state index in [1.54, 1.807) is 38.1 Å². The van der Waals surface area contributed by atoms with E-state index in [0.717, 1.165) is 11.3 Å². The van der Waals surface area contributed by atoms with E-state index >= 15 is 0 Å². The van der Waals surface area contributed by atoms with Crippen molar-refractivity contribution in [1.29, 1.82) is 0 Å². The minimum Gasteiger partial charge on any atom is -0.308 e. The van der Waals surface area contributed by atoms with E-state index in [-0.39, 0.29) is 13.2 Å². The second-order valence-corrected chi connectivity index (χ2v) is 12.5. The van der Waals surface area contributed by atoms with Crippen molar-refractivity contribution in [2.24, 2.45) is 0 Å². The Bertz CT molecular complexity index is 1090. The topological polar surface area (TPSA) is 94.5 Å². The minimum atomic E-state index is -3.71. The predicted octanol–water partition coefficient (Wildman–Crippen LogP) is 5.44. The molecule has 0 saturated heterocycles. The Labute approximate surface area is 189 Å². The molecule has 2 aromatic carbocycles. The van der Waals surface area contributed by atoms with Crippen LogP contribution in [0, 0.1) is 0 Å². The van der Waals surface area contributed by atoms with Gasteiger partial charge in [0.15, 0.2) is 13.1 Å². The molecule has 0 aliphatic carbocycles. The summed E-state index contributed by atoms with van der Waals surface area (Å²) in [6.07, 6.45) is 1.80. The lowest BCUT2D eigenvalue weighted by Crippen LogP contribution is -2.33. The summed E-state index contributed by atoms with van der Waals surface area (Å²) in [5.41, 5.74) is 5.90. The maximum Gasteiger partial charge on any atom is 0.353 e. The third-order valence-corrected chi connectivity index (χ3v) is 7.45. The van der Waals surface area contributed by atoms with Crippen LogP contribution < -0.4 is 10.6 Å². The van der Waals surface area contributed by atoms with Gasteiger partial charge in [0.05, 0.1) is 24.6 Å². The van der Waals surface area contributed by atoms with Crippen molar-refractivity contribution < 1.29 is 18.2 Å². The molecule has 10 heteroatoms. The van der Waals surface area contributed by atoms with Crippen molar-refractivity contribution in [3.8, 4) is 16.9 Å². The third kappa shape index (κ3) is 6.04. The molecule has 0 saturated carbocycles. The Balaban J connectivity index is 2.20. The summed E-state index contributed by atoms with van der Waals surface area (Å²) in [6, 6.07) is 19.3. The van der Waals surface area contributed by atoms with E-state index in [0.29, 0.717) is 11.3 Å². The first-order valence-electron chi connectivity index (χ1n) is 10.4. The molecule has 1 aromatic heterocycles. The van der Waals surface area contributed by atoms with E-state index in [9.17, 15) is 9.13 Å². The molecule has 32 heavy (non-hydrogen) atoms. The fraction of sp³-hybridized carbons (Fsp3) is 0.318. The standard InChI is InChI=1S/C22H30N4O4P2/c1-5-29-32(28,30-6-2)22(23-25-31(3,4)27)20-17-26(19-15-11-8-12-16-19)24-21(20)18-13-9-7-10-14-18/h7-17,22-23H,5-6H2,1-4H3,(H,25,27). The van der Waals surface area contributed by atoms with Gasteiger partial charge in [-0.2, -0.15) is 5.10 Å². The van der Waals surface area contributed by atoms with Crippen LogP contribution in [0.4, 0.5) is 0 Å². The zero-order chi connectivity index (χ0) is 23.2. The molecule has 3 aromatic rings. The summed E-state index contributed by atoms with van der Waals surface area (Å²) in [4.78, 5) is 0. The summed E-state index contributed by atoms with van der Waals surface area (Å²) in [6.45, 7) is 7.06. The number of hydrazine groups is 1. The SMILES string of the molecule is CCOP(=O)(OCC)C(NNP(C)(C)=O)c1cn(-c2ccccc2)nc1-c1ccccc1. The minimum absolute atomic E-state index is 0.193. The zero-order valence-electron chi connectivity index (χ0n) is 18.8. The largest absolute Gasteiger partial charge is 0.353 e. The summed E-state index contributed by atoms with van der Waals surface area (Å²) < 4.78 is 39.3. The number of rotatable bonds is 11. The van der Waals surface area contributed by atoms with Crippen LogP contribution in [-0.2, 0) is 18.2 Å². The highest BCUT2D eigenvalue weighted by molar-refractivity contribution is 7.60. The van der Waals surface area contributed by atoms with Gasteiger partial charge in [0.1, 0.15) is 0 Å². The van der Waals surface area contributed by atoms with Crippen molar-refractivity contribution >= 4 is 14.9 Å². The van der Waals surface area contributed by atoms with Crippen LogP contribution in [-0.4, -0.2) is 36.3 Å². The van der Waals surface area contributed by atoms with Crippen molar-refractivity contribution in [1.82, 2.24) is 20.4 Å². The summed E-state index contributed by atoms with van der Waals surface area (Å²) in [5, 5.41) is 7.60. The second kappa shape index (κ2) is 10.7. The molecule has 0 amide bonds. The second-order valence-electron chi connectivity index (χ2n) is 7.46. The molecular weight excluding hydrogens is 446 g/mol. The fourth-order valence-electron chi connectivity index (χ4n) is 3.21. The van der Waals surface area contributed by atoms with Crippen LogP contribution in [0.2, 0.25) is 0 Å². The molecule has 0 bridgehead atoms. The summed E-state index contributed by atoms with van der Waals surface area (Å²) in [7, 11) is -6.42. The molecule has 1 heterocycles. The quantitative estimate of drug-likeness (QED) is 0.281. The third-order valence-electron chi connectivity index (χ3n) is 4.51. The van der Waals surface area contributed by atoms with Crippen molar-refractivity contribution in [3.63, 3.8) is 0 Å². The lowest BCUT2D eigenvalue weighted by molar-refractivity contribution is 0.206. The van der Waals surface area contributed by atoms with Crippen LogP contribution in [0.3, 0.4) is 0 Å². The van der Waals surface area contributed by atoms with Gasteiger partial charge in [-0.1, -0.05) is 48.5 Å². The highest BCUT2D eigenvalue weighted by Gasteiger charge is 2.40. The Kier molecular flexibility index (Phi) is 8.23. The lowest BCUT2D eigenvalue weighted by Gasteiger charge is -2.28.